The van der Waals surface area contributed by atoms with Crippen molar-refractivity contribution >= 4 is 28.7 Å². The van der Waals surface area contributed by atoms with Gasteiger partial charge in [-0.25, -0.2) is 4.98 Å². The molecule has 102 valence electrons. The third-order valence-corrected chi connectivity index (χ3v) is 4.47. The summed E-state index contributed by atoms with van der Waals surface area (Å²) in [6.45, 7) is 3.86. The zero-order valence-electron chi connectivity index (χ0n) is 10.9. The molecule has 3 rings (SSSR count). The predicted molar refractivity (Wildman–Crippen MR) is 75.0 cm³/mol. The molecule has 6 nitrogen and oxygen atoms in total. The average Bonchev–Trinajstić information content (AvgIpc) is 2.84. The Morgan fingerprint density at radius 3 is 3.00 bits per heavy atom. The average molecular weight is 280 g/mol. The third kappa shape index (κ3) is 2.98. The zero-order chi connectivity index (χ0) is 13.1. The molecule has 0 aromatic carbocycles. The van der Waals surface area contributed by atoms with Crippen LogP contribution in [0.25, 0.3) is 11.2 Å². The minimum atomic E-state index is 0.495. The van der Waals surface area contributed by atoms with Crippen molar-refractivity contribution in [2.45, 2.75) is 24.4 Å². The summed E-state index contributed by atoms with van der Waals surface area (Å²) >= 11 is 1.76. The lowest BCUT2D eigenvalue weighted by molar-refractivity contribution is -0.902. The molecule has 0 spiro atoms. The van der Waals surface area contributed by atoms with Crippen LogP contribution in [-0.4, -0.2) is 40.3 Å². The van der Waals surface area contributed by atoms with Crippen LogP contribution in [0.1, 0.15) is 19.3 Å². The number of anilines is 1. The minimum absolute atomic E-state index is 0.495. The molecule has 0 bridgehead atoms. The van der Waals surface area contributed by atoms with Crippen molar-refractivity contribution in [3.63, 3.8) is 0 Å². The van der Waals surface area contributed by atoms with Crippen LogP contribution in [0.5, 0.6) is 0 Å². The summed E-state index contributed by atoms with van der Waals surface area (Å²) in [7, 11) is 0. The molecular formula is C12H20N6S+2. The van der Waals surface area contributed by atoms with Crippen molar-refractivity contribution in [3.05, 3.63) is 6.33 Å². The maximum Gasteiger partial charge on any atom is 0.292 e. The Bertz CT molecular complexity index is 548. The number of likely N-dealkylation sites (tertiary alicyclic amines) is 1. The van der Waals surface area contributed by atoms with E-state index >= 15 is 0 Å². The molecule has 0 radical (unpaired) electrons. The van der Waals surface area contributed by atoms with Gasteiger partial charge in [0.25, 0.3) is 5.65 Å². The van der Waals surface area contributed by atoms with Gasteiger partial charge in [-0.2, -0.15) is 0 Å². The van der Waals surface area contributed by atoms with Gasteiger partial charge >= 0.3 is 0 Å². The van der Waals surface area contributed by atoms with Gasteiger partial charge in [0.1, 0.15) is 0 Å². The van der Waals surface area contributed by atoms with Crippen LogP contribution in [0.3, 0.4) is 0 Å². The highest BCUT2D eigenvalue weighted by Crippen LogP contribution is 2.18. The SMILES string of the molecule is Nc1nc[nH+]c2nc(SCC[NH+]3CCCCC3)[nH]c12. The van der Waals surface area contributed by atoms with Gasteiger partial charge in [0.05, 0.1) is 25.4 Å². The van der Waals surface area contributed by atoms with Crippen LogP contribution < -0.4 is 15.6 Å². The first kappa shape index (κ1) is 12.7. The molecule has 7 heteroatoms. The molecule has 0 saturated carbocycles. The quantitative estimate of drug-likeness (QED) is 0.660. The van der Waals surface area contributed by atoms with E-state index in [4.69, 9.17) is 5.73 Å². The number of piperidine rings is 1. The highest BCUT2D eigenvalue weighted by atomic mass is 32.2. The van der Waals surface area contributed by atoms with Gasteiger partial charge in [0.15, 0.2) is 5.52 Å². The number of hydrogen-bond acceptors (Lipinski definition) is 4. The lowest BCUT2D eigenvalue weighted by atomic mass is 10.1. The number of fused-ring (bicyclic) bond motifs is 1. The molecule has 19 heavy (non-hydrogen) atoms. The van der Waals surface area contributed by atoms with Crippen LogP contribution in [0.15, 0.2) is 11.5 Å². The maximum absolute atomic E-state index is 5.80. The number of H-pyrrole nitrogens is 2. The second kappa shape index (κ2) is 5.75. The fraction of sp³-hybridized carbons (Fsp3) is 0.583. The minimum Gasteiger partial charge on any atom is -0.368 e. The zero-order valence-corrected chi connectivity index (χ0v) is 11.7. The molecular weight excluding hydrogens is 260 g/mol. The normalized spacial score (nSPS) is 17.1. The van der Waals surface area contributed by atoms with E-state index in [1.807, 2.05) is 0 Å². The number of nitrogens with one attached hydrogen (secondary N) is 3. The number of aromatic amines is 2. The van der Waals surface area contributed by atoms with E-state index in [9.17, 15) is 0 Å². The first-order valence-corrected chi connectivity index (χ1v) is 7.80. The van der Waals surface area contributed by atoms with E-state index in [1.165, 1.54) is 38.9 Å². The predicted octanol–water partition coefficient (Wildman–Crippen LogP) is -0.485. The molecule has 2 aromatic rings. The fourth-order valence-electron chi connectivity index (χ4n) is 2.53. The molecule has 0 atom stereocenters. The van der Waals surface area contributed by atoms with Crippen LogP contribution >= 0.6 is 11.8 Å². The van der Waals surface area contributed by atoms with Gasteiger partial charge < -0.3 is 15.6 Å². The Labute approximate surface area is 116 Å². The lowest BCUT2D eigenvalue weighted by Gasteiger charge is -2.22. The number of aromatic nitrogens is 4. The maximum atomic E-state index is 5.80. The number of hydrogen-bond donors (Lipinski definition) is 3. The van der Waals surface area contributed by atoms with Crippen LogP contribution in [0.4, 0.5) is 5.82 Å². The topological polar surface area (TPSA) is 86.2 Å². The molecule has 1 aliphatic heterocycles. The van der Waals surface area contributed by atoms with Crippen molar-refractivity contribution in [1.82, 2.24) is 15.0 Å². The largest absolute Gasteiger partial charge is 0.368 e. The number of nitrogens with two attached hydrogens (primary N) is 1. The molecule has 5 N–H and O–H groups in total. The van der Waals surface area contributed by atoms with E-state index in [-0.39, 0.29) is 0 Å². The van der Waals surface area contributed by atoms with Crippen molar-refractivity contribution in [2.24, 2.45) is 0 Å². The summed E-state index contributed by atoms with van der Waals surface area (Å²) < 4.78 is 0. The molecule has 1 aliphatic rings. The Morgan fingerprint density at radius 2 is 2.21 bits per heavy atom. The van der Waals surface area contributed by atoms with Crippen molar-refractivity contribution < 1.29 is 9.88 Å². The first-order chi connectivity index (χ1) is 9.33. The second-order valence-corrected chi connectivity index (χ2v) is 6.05. The van der Waals surface area contributed by atoms with Crippen molar-refractivity contribution in [1.29, 1.82) is 0 Å². The molecule has 0 amide bonds. The highest BCUT2D eigenvalue weighted by molar-refractivity contribution is 7.99. The van der Waals surface area contributed by atoms with Crippen molar-refractivity contribution in [2.75, 3.05) is 31.1 Å². The van der Waals surface area contributed by atoms with Crippen LogP contribution in [0, 0.1) is 0 Å². The van der Waals surface area contributed by atoms with Gasteiger partial charge in [-0.1, -0.05) is 21.7 Å². The highest BCUT2D eigenvalue weighted by Gasteiger charge is 2.16. The monoisotopic (exact) mass is 280 g/mol. The summed E-state index contributed by atoms with van der Waals surface area (Å²) in [6.07, 6.45) is 5.73. The van der Waals surface area contributed by atoms with E-state index in [2.05, 4.69) is 19.9 Å². The molecule has 0 aliphatic carbocycles. The standard InChI is InChI=1S/C12H18N6S/c13-10-9-11(15-8-14-10)17-12(16-9)19-7-6-18-4-2-1-3-5-18/h8H,1-7H2,(H3,13,14,15,16,17)/p+2. The molecule has 2 aromatic heterocycles. The third-order valence-electron chi connectivity index (χ3n) is 3.60. The molecule has 1 fully saturated rings. The van der Waals surface area contributed by atoms with E-state index in [0.717, 1.165) is 22.1 Å². The Balaban J connectivity index is 1.57. The second-order valence-electron chi connectivity index (χ2n) is 4.96. The number of nitrogens with zero attached hydrogens (tertiary/aromatic N) is 2. The summed E-state index contributed by atoms with van der Waals surface area (Å²) in [6, 6.07) is 0. The van der Waals surface area contributed by atoms with Gasteiger partial charge in [0.2, 0.25) is 17.3 Å². The Kier molecular flexibility index (Phi) is 3.84. The van der Waals surface area contributed by atoms with E-state index in [1.54, 1.807) is 23.0 Å². The summed E-state index contributed by atoms with van der Waals surface area (Å²) in [5, 5.41) is 0.919. The first-order valence-electron chi connectivity index (χ1n) is 6.81. The van der Waals surface area contributed by atoms with Gasteiger partial charge in [-0.3, -0.25) is 0 Å². The lowest BCUT2D eigenvalue weighted by Crippen LogP contribution is -3.13. The number of nitrogen functional groups attached to an aromatic ring is 1. The Hall–Kier alpha value is -1.34. The van der Waals surface area contributed by atoms with Crippen molar-refractivity contribution in [3.8, 4) is 0 Å². The van der Waals surface area contributed by atoms with E-state index in [0.29, 0.717) is 5.82 Å². The van der Waals surface area contributed by atoms with Crippen LogP contribution in [0.2, 0.25) is 0 Å². The molecule has 3 heterocycles. The summed E-state index contributed by atoms with van der Waals surface area (Å²) in [5.41, 5.74) is 7.38. The fourth-order valence-corrected chi connectivity index (χ4v) is 3.45. The summed E-state index contributed by atoms with van der Waals surface area (Å²) in [4.78, 5) is 16.4. The number of quaternary nitrogens is 1. The summed E-state index contributed by atoms with van der Waals surface area (Å²) in [5.74, 6) is 1.58. The van der Waals surface area contributed by atoms with Crippen LogP contribution in [-0.2, 0) is 0 Å². The van der Waals surface area contributed by atoms with Gasteiger partial charge in [-0.05, 0) is 19.3 Å². The number of rotatable bonds is 4. The smallest absolute Gasteiger partial charge is 0.292 e. The van der Waals surface area contributed by atoms with E-state index < -0.39 is 0 Å². The van der Waals surface area contributed by atoms with Gasteiger partial charge in [0, 0.05) is 0 Å². The number of imidazole rings is 1. The Morgan fingerprint density at radius 1 is 1.37 bits per heavy atom. The molecule has 0 unspecified atom stereocenters. The van der Waals surface area contributed by atoms with Gasteiger partial charge in [-0.15, -0.1) is 0 Å². The molecule has 1 saturated heterocycles. The number of thioether (sulfide) groups is 1.